The third-order valence-corrected chi connectivity index (χ3v) is 4.64. The van der Waals surface area contributed by atoms with Gasteiger partial charge in [0.15, 0.2) is 0 Å². The molecular formula is C16H16ClN3O2S. The van der Waals surface area contributed by atoms with Gasteiger partial charge in [0.1, 0.15) is 16.5 Å². The predicted molar refractivity (Wildman–Crippen MR) is 95.6 cm³/mol. The van der Waals surface area contributed by atoms with Gasteiger partial charge in [0.05, 0.1) is 10.9 Å². The van der Waals surface area contributed by atoms with Crippen molar-refractivity contribution in [3.63, 3.8) is 0 Å². The molecule has 0 fully saturated rings. The second kappa shape index (κ2) is 6.52. The number of hydrogen-bond acceptors (Lipinski definition) is 5. The molecule has 2 heterocycles. The fourth-order valence-corrected chi connectivity index (χ4v) is 3.35. The molecule has 0 saturated carbocycles. The van der Waals surface area contributed by atoms with E-state index in [0.717, 1.165) is 21.7 Å². The number of carboxylic acids is 1. The van der Waals surface area contributed by atoms with E-state index in [2.05, 4.69) is 29.1 Å². The summed E-state index contributed by atoms with van der Waals surface area (Å²) in [5.41, 5.74) is 2.23. The Balaban J connectivity index is 0.00000192. The van der Waals surface area contributed by atoms with Gasteiger partial charge in [-0.1, -0.05) is 0 Å². The molecule has 3 rings (SSSR count). The Bertz CT molecular complexity index is 875. The molecule has 1 aromatic carbocycles. The van der Waals surface area contributed by atoms with Crippen LogP contribution in [0.3, 0.4) is 0 Å². The van der Waals surface area contributed by atoms with Gasteiger partial charge in [-0.15, -0.1) is 23.7 Å². The number of anilines is 2. The lowest BCUT2D eigenvalue weighted by molar-refractivity contribution is 0.0697. The van der Waals surface area contributed by atoms with Crippen molar-refractivity contribution < 1.29 is 9.90 Å². The van der Waals surface area contributed by atoms with E-state index in [0.29, 0.717) is 5.82 Å². The predicted octanol–water partition coefficient (Wildman–Crippen LogP) is 4.48. The van der Waals surface area contributed by atoms with Gasteiger partial charge in [0.25, 0.3) is 0 Å². The summed E-state index contributed by atoms with van der Waals surface area (Å²) in [7, 11) is 0. The minimum absolute atomic E-state index is 0. The Kier molecular flexibility index (Phi) is 4.87. The van der Waals surface area contributed by atoms with Crippen molar-refractivity contribution in [3.05, 3.63) is 46.1 Å². The lowest BCUT2D eigenvalue weighted by Gasteiger charge is -2.09. The highest BCUT2D eigenvalue weighted by Gasteiger charge is 2.13. The molecule has 0 bridgehead atoms. The topological polar surface area (TPSA) is 75.1 Å². The Hall–Kier alpha value is -2.18. The van der Waals surface area contributed by atoms with Crippen LogP contribution in [0.25, 0.3) is 10.2 Å². The summed E-state index contributed by atoms with van der Waals surface area (Å²) >= 11 is 1.66. The molecule has 0 saturated heterocycles. The average molecular weight is 350 g/mol. The molecule has 0 aliphatic heterocycles. The molecule has 2 aromatic heterocycles. The number of aromatic nitrogens is 2. The zero-order valence-electron chi connectivity index (χ0n) is 12.9. The van der Waals surface area contributed by atoms with Crippen molar-refractivity contribution in [2.75, 3.05) is 5.32 Å². The number of fused-ring (bicyclic) bond motifs is 1. The molecule has 0 unspecified atom stereocenters. The van der Waals surface area contributed by atoms with Crippen LogP contribution in [0.1, 0.15) is 26.6 Å². The van der Waals surface area contributed by atoms with Gasteiger partial charge < -0.3 is 10.4 Å². The monoisotopic (exact) mass is 349 g/mol. The van der Waals surface area contributed by atoms with Gasteiger partial charge in [-0.2, -0.15) is 0 Å². The number of carbonyl (C=O) groups is 1. The maximum absolute atomic E-state index is 10.9. The number of thiophene rings is 1. The number of nitrogens with zero attached hydrogens (tertiary/aromatic N) is 2. The lowest BCUT2D eigenvalue weighted by Crippen LogP contribution is -2.00. The zero-order valence-corrected chi connectivity index (χ0v) is 14.5. The average Bonchev–Trinajstić information content (AvgIpc) is 2.74. The van der Waals surface area contributed by atoms with E-state index in [4.69, 9.17) is 5.11 Å². The van der Waals surface area contributed by atoms with E-state index >= 15 is 0 Å². The summed E-state index contributed by atoms with van der Waals surface area (Å²) in [6.45, 7) is 6.00. The fourth-order valence-electron chi connectivity index (χ4n) is 2.28. The Morgan fingerprint density at radius 2 is 1.78 bits per heavy atom. The van der Waals surface area contributed by atoms with Gasteiger partial charge in [-0.05, 0) is 50.6 Å². The molecule has 0 spiro atoms. The van der Waals surface area contributed by atoms with Crippen molar-refractivity contribution in [2.24, 2.45) is 0 Å². The molecule has 7 heteroatoms. The Morgan fingerprint density at radius 1 is 1.13 bits per heavy atom. The van der Waals surface area contributed by atoms with Crippen molar-refractivity contribution >= 4 is 51.4 Å². The van der Waals surface area contributed by atoms with Crippen molar-refractivity contribution in [1.82, 2.24) is 9.97 Å². The van der Waals surface area contributed by atoms with Gasteiger partial charge in [0, 0.05) is 10.6 Å². The van der Waals surface area contributed by atoms with E-state index in [9.17, 15) is 4.79 Å². The highest BCUT2D eigenvalue weighted by atomic mass is 35.5. The maximum Gasteiger partial charge on any atom is 0.335 e. The summed E-state index contributed by atoms with van der Waals surface area (Å²) in [5.74, 6) is 0.530. The van der Waals surface area contributed by atoms with Crippen molar-refractivity contribution in [2.45, 2.75) is 20.8 Å². The number of nitrogens with one attached hydrogen (secondary N) is 1. The molecule has 120 valence electrons. The van der Waals surface area contributed by atoms with Crippen LogP contribution >= 0.6 is 23.7 Å². The van der Waals surface area contributed by atoms with E-state index in [1.807, 2.05) is 6.92 Å². The standard InChI is InChI=1S/C16H15N3O2S.ClH/c1-8-9(2)22-15-13(8)14(17-10(3)18-15)19-12-6-4-11(5-7-12)16(20)21;/h4-7H,1-3H3,(H,20,21)(H,17,18,19);1H. The van der Waals surface area contributed by atoms with Crippen molar-refractivity contribution in [1.29, 1.82) is 0 Å². The first-order chi connectivity index (χ1) is 10.5. The quantitative estimate of drug-likeness (QED) is 0.729. The van der Waals surface area contributed by atoms with E-state index < -0.39 is 5.97 Å². The minimum atomic E-state index is -0.934. The van der Waals surface area contributed by atoms with Crippen LogP contribution in [0.5, 0.6) is 0 Å². The number of aryl methyl sites for hydroxylation is 3. The highest BCUT2D eigenvalue weighted by Crippen LogP contribution is 2.34. The summed E-state index contributed by atoms with van der Waals surface area (Å²) in [6, 6.07) is 6.62. The highest BCUT2D eigenvalue weighted by molar-refractivity contribution is 7.18. The maximum atomic E-state index is 10.9. The first-order valence-electron chi connectivity index (χ1n) is 6.80. The molecule has 0 aliphatic carbocycles. The fraction of sp³-hybridized carbons (Fsp3) is 0.188. The number of carboxylic acid groups (broad SMARTS) is 1. The first-order valence-corrected chi connectivity index (χ1v) is 7.62. The molecule has 0 aliphatic rings. The largest absolute Gasteiger partial charge is 0.478 e. The normalized spacial score (nSPS) is 10.4. The summed E-state index contributed by atoms with van der Waals surface area (Å²) < 4.78 is 0. The number of halogens is 1. The third-order valence-electron chi connectivity index (χ3n) is 3.54. The molecule has 0 radical (unpaired) electrons. The van der Waals surface area contributed by atoms with Crippen molar-refractivity contribution in [3.8, 4) is 0 Å². The number of hydrogen-bond donors (Lipinski definition) is 2. The van der Waals surface area contributed by atoms with Crippen LogP contribution < -0.4 is 5.32 Å². The van der Waals surface area contributed by atoms with Crippen LogP contribution in [0.4, 0.5) is 11.5 Å². The summed E-state index contributed by atoms with van der Waals surface area (Å²) in [4.78, 5) is 22.1. The first kappa shape index (κ1) is 17.2. The summed E-state index contributed by atoms with van der Waals surface area (Å²) in [6.07, 6.45) is 0. The Morgan fingerprint density at radius 3 is 2.39 bits per heavy atom. The smallest absolute Gasteiger partial charge is 0.335 e. The van der Waals surface area contributed by atoms with Crippen LogP contribution in [0, 0.1) is 20.8 Å². The van der Waals surface area contributed by atoms with E-state index in [-0.39, 0.29) is 18.0 Å². The second-order valence-corrected chi connectivity index (χ2v) is 6.29. The van der Waals surface area contributed by atoms with Gasteiger partial charge in [0.2, 0.25) is 0 Å². The number of rotatable bonds is 3. The molecule has 5 nitrogen and oxygen atoms in total. The van der Waals surface area contributed by atoms with E-state index in [1.165, 1.54) is 10.4 Å². The van der Waals surface area contributed by atoms with E-state index in [1.54, 1.807) is 35.6 Å². The molecule has 0 atom stereocenters. The third kappa shape index (κ3) is 3.28. The second-order valence-electron chi connectivity index (χ2n) is 5.09. The SMILES string of the molecule is Cc1nc(Nc2ccc(C(=O)O)cc2)c2c(C)c(C)sc2n1.Cl. The molecule has 3 aromatic rings. The number of benzene rings is 1. The zero-order chi connectivity index (χ0) is 15.9. The Labute approximate surface area is 143 Å². The molecule has 23 heavy (non-hydrogen) atoms. The lowest BCUT2D eigenvalue weighted by atomic mass is 10.2. The van der Waals surface area contributed by atoms with Gasteiger partial charge in [-0.3, -0.25) is 0 Å². The molecule has 0 amide bonds. The minimum Gasteiger partial charge on any atom is -0.478 e. The molecule has 2 N–H and O–H groups in total. The van der Waals surface area contributed by atoms with Crippen LogP contribution in [0.2, 0.25) is 0 Å². The number of aromatic carboxylic acids is 1. The van der Waals surface area contributed by atoms with Gasteiger partial charge >= 0.3 is 5.97 Å². The van der Waals surface area contributed by atoms with Crippen LogP contribution in [0.15, 0.2) is 24.3 Å². The van der Waals surface area contributed by atoms with Crippen LogP contribution in [-0.4, -0.2) is 21.0 Å². The van der Waals surface area contributed by atoms with Crippen LogP contribution in [-0.2, 0) is 0 Å². The summed E-state index contributed by atoms with van der Waals surface area (Å²) in [5, 5.41) is 13.2. The van der Waals surface area contributed by atoms with Gasteiger partial charge in [-0.25, -0.2) is 14.8 Å². The molecular weight excluding hydrogens is 334 g/mol.